The molecule has 3 heterocycles. The Balaban J connectivity index is 1.55. The Bertz CT molecular complexity index is 1290. The molecule has 172 valence electrons. The molecule has 5 rings (SSSR count). The fourth-order valence-electron chi connectivity index (χ4n) is 4.77. The monoisotopic (exact) mass is 453 g/mol. The predicted octanol–water partition coefficient (Wildman–Crippen LogP) is 3.51. The van der Waals surface area contributed by atoms with Crippen molar-refractivity contribution in [2.45, 2.75) is 20.8 Å². The predicted molar refractivity (Wildman–Crippen MR) is 132 cm³/mol. The molecule has 0 bridgehead atoms. The van der Waals surface area contributed by atoms with Crippen LogP contribution in [0, 0.1) is 20.8 Å². The van der Waals surface area contributed by atoms with Gasteiger partial charge in [0.25, 0.3) is 11.8 Å². The van der Waals surface area contributed by atoms with Crippen molar-refractivity contribution in [2.75, 3.05) is 36.0 Å². The zero-order valence-electron chi connectivity index (χ0n) is 19.7. The van der Waals surface area contributed by atoms with Crippen LogP contribution in [0.15, 0.2) is 66.6 Å². The van der Waals surface area contributed by atoms with Crippen molar-refractivity contribution >= 4 is 29.0 Å². The van der Waals surface area contributed by atoms with Crippen molar-refractivity contribution in [3.63, 3.8) is 0 Å². The van der Waals surface area contributed by atoms with Gasteiger partial charge in [0.1, 0.15) is 5.70 Å². The van der Waals surface area contributed by atoms with Gasteiger partial charge in [-0.1, -0.05) is 42.0 Å². The van der Waals surface area contributed by atoms with E-state index in [-0.39, 0.29) is 11.8 Å². The van der Waals surface area contributed by atoms with Gasteiger partial charge in [-0.2, -0.15) is 0 Å². The fourth-order valence-corrected chi connectivity index (χ4v) is 4.77. The normalized spacial score (nSPS) is 16.6. The summed E-state index contributed by atoms with van der Waals surface area (Å²) in [6, 6.07) is 15.3. The molecule has 0 N–H and O–H groups in total. The lowest BCUT2D eigenvalue weighted by atomic mass is 9.97. The standard InChI is InChI=1S/C27H27N5O2/c1-18-9-10-21(20(3)17-18)23-24(26(34)32(25(23)33)22-8-5-4-7-19(22)2)30-13-15-31(16-14-30)27-28-11-6-12-29-27/h4-12,17H,13-16H2,1-3H3. The van der Waals surface area contributed by atoms with Crippen LogP contribution >= 0.6 is 0 Å². The molecular weight excluding hydrogens is 426 g/mol. The molecular formula is C27H27N5O2. The quantitative estimate of drug-likeness (QED) is 0.563. The third-order valence-corrected chi connectivity index (χ3v) is 6.50. The van der Waals surface area contributed by atoms with Gasteiger partial charge in [-0.25, -0.2) is 14.9 Å². The number of nitrogens with zero attached hydrogens (tertiary/aromatic N) is 5. The number of rotatable bonds is 4. The number of hydrogen-bond donors (Lipinski definition) is 0. The molecule has 2 aliphatic rings. The number of amides is 2. The van der Waals surface area contributed by atoms with Gasteiger partial charge in [0.15, 0.2) is 0 Å². The van der Waals surface area contributed by atoms with E-state index < -0.39 is 0 Å². The first-order valence-electron chi connectivity index (χ1n) is 11.5. The summed E-state index contributed by atoms with van der Waals surface area (Å²) in [4.78, 5) is 41.9. The molecule has 0 saturated carbocycles. The average Bonchev–Trinajstić information content (AvgIpc) is 3.10. The number of imide groups is 1. The van der Waals surface area contributed by atoms with Crippen LogP contribution in [0.2, 0.25) is 0 Å². The molecule has 2 aromatic carbocycles. The maximum atomic E-state index is 13.8. The van der Waals surface area contributed by atoms with Gasteiger partial charge in [0, 0.05) is 38.6 Å². The maximum absolute atomic E-state index is 13.8. The number of carbonyl (C=O) groups is 2. The number of aryl methyl sites for hydroxylation is 3. The molecule has 1 fully saturated rings. The number of anilines is 2. The van der Waals surface area contributed by atoms with E-state index in [4.69, 9.17) is 0 Å². The molecule has 0 spiro atoms. The fraction of sp³-hybridized carbons (Fsp3) is 0.259. The minimum absolute atomic E-state index is 0.265. The third kappa shape index (κ3) is 3.73. The largest absolute Gasteiger partial charge is 0.363 e. The van der Waals surface area contributed by atoms with Crippen LogP contribution in [0.3, 0.4) is 0 Å². The van der Waals surface area contributed by atoms with Crippen LogP contribution in [0.5, 0.6) is 0 Å². The highest BCUT2D eigenvalue weighted by atomic mass is 16.2. The summed E-state index contributed by atoms with van der Waals surface area (Å²) in [6.45, 7) is 8.47. The second-order valence-corrected chi connectivity index (χ2v) is 8.80. The highest BCUT2D eigenvalue weighted by molar-refractivity contribution is 6.45. The van der Waals surface area contributed by atoms with Crippen LogP contribution in [-0.4, -0.2) is 52.9 Å². The number of para-hydroxylation sites is 1. The molecule has 0 atom stereocenters. The first-order chi connectivity index (χ1) is 16.5. The SMILES string of the molecule is Cc1ccc(C2=C(N3CCN(c4ncccn4)CC3)C(=O)N(c3ccccc3C)C2=O)c(C)c1. The van der Waals surface area contributed by atoms with Crippen molar-refractivity contribution in [3.8, 4) is 0 Å². The molecule has 1 aromatic heterocycles. The lowest BCUT2D eigenvalue weighted by Crippen LogP contribution is -2.48. The van der Waals surface area contributed by atoms with Crippen molar-refractivity contribution in [1.29, 1.82) is 0 Å². The van der Waals surface area contributed by atoms with Crippen LogP contribution in [0.1, 0.15) is 22.3 Å². The maximum Gasteiger partial charge on any atom is 0.282 e. The summed E-state index contributed by atoms with van der Waals surface area (Å²) in [7, 11) is 0. The first kappa shape index (κ1) is 21.8. The van der Waals surface area contributed by atoms with Gasteiger partial charge >= 0.3 is 0 Å². The Morgan fingerprint density at radius 3 is 2.09 bits per heavy atom. The Kier molecular flexibility index (Phi) is 5.61. The minimum atomic E-state index is -0.268. The molecule has 2 amide bonds. The van der Waals surface area contributed by atoms with Gasteiger partial charge in [-0.3, -0.25) is 9.59 Å². The lowest BCUT2D eigenvalue weighted by Gasteiger charge is -2.36. The van der Waals surface area contributed by atoms with Gasteiger partial charge in [-0.15, -0.1) is 0 Å². The van der Waals surface area contributed by atoms with E-state index >= 15 is 0 Å². The average molecular weight is 454 g/mol. The van der Waals surface area contributed by atoms with E-state index in [1.54, 1.807) is 18.5 Å². The number of aromatic nitrogens is 2. The summed E-state index contributed by atoms with van der Waals surface area (Å²) in [6.07, 6.45) is 3.46. The molecule has 3 aromatic rings. The third-order valence-electron chi connectivity index (χ3n) is 6.50. The molecule has 7 nitrogen and oxygen atoms in total. The zero-order valence-corrected chi connectivity index (χ0v) is 19.7. The van der Waals surface area contributed by atoms with Gasteiger partial charge in [0.05, 0.1) is 11.3 Å². The van der Waals surface area contributed by atoms with E-state index in [2.05, 4.69) is 20.9 Å². The second kappa shape index (κ2) is 8.74. The van der Waals surface area contributed by atoms with E-state index in [0.717, 1.165) is 22.3 Å². The Labute approximate surface area is 199 Å². The Hall–Kier alpha value is -4.00. The molecule has 0 radical (unpaired) electrons. The summed E-state index contributed by atoms with van der Waals surface area (Å²) in [5.41, 5.74) is 5.39. The van der Waals surface area contributed by atoms with Crippen LogP contribution < -0.4 is 9.80 Å². The van der Waals surface area contributed by atoms with Crippen molar-refractivity contribution < 1.29 is 9.59 Å². The van der Waals surface area contributed by atoms with Gasteiger partial charge in [-0.05, 0) is 49.6 Å². The number of hydrogen-bond acceptors (Lipinski definition) is 6. The summed E-state index contributed by atoms with van der Waals surface area (Å²) >= 11 is 0. The molecule has 7 heteroatoms. The smallest absolute Gasteiger partial charge is 0.282 e. The van der Waals surface area contributed by atoms with Crippen LogP contribution in [0.4, 0.5) is 11.6 Å². The summed E-state index contributed by atoms with van der Waals surface area (Å²) in [5.74, 6) is 0.148. The minimum Gasteiger partial charge on any atom is -0.363 e. The van der Waals surface area contributed by atoms with Crippen molar-refractivity contribution in [1.82, 2.24) is 14.9 Å². The van der Waals surface area contributed by atoms with Gasteiger partial charge < -0.3 is 9.80 Å². The molecule has 0 unspecified atom stereocenters. The van der Waals surface area contributed by atoms with E-state index in [9.17, 15) is 9.59 Å². The number of piperazine rings is 1. The Morgan fingerprint density at radius 2 is 1.41 bits per heavy atom. The van der Waals surface area contributed by atoms with Crippen LogP contribution in [-0.2, 0) is 9.59 Å². The summed E-state index contributed by atoms with van der Waals surface area (Å²) < 4.78 is 0. The van der Waals surface area contributed by atoms with Crippen molar-refractivity contribution in [3.05, 3.63) is 88.9 Å². The molecule has 0 aliphatic carbocycles. The second-order valence-electron chi connectivity index (χ2n) is 8.80. The van der Waals surface area contributed by atoms with Gasteiger partial charge in [0.2, 0.25) is 5.95 Å². The Morgan fingerprint density at radius 1 is 0.735 bits per heavy atom. The number of carbonyl (C=O) groups excluding carboxylic acids is 2. The molecule has 2 aliphatic heterocycles. The zero-order chi connectivity index (χ0) is 23.8. The topological polar surface area (TPSA) is 69.6 Å². The molecule has 1 saturated heterocycles. The van der Waals surface area contributed by atoms with E-state index in [1.807, 2.05) is 62.1 Å². The highest BCUT2D eigenvalue weighted by Crippen LogP contribution is 2.37. The summed E-state index contributed by atoms with van der Waals surface area (Å²) in [5, 5.41) is 0. The van der Waals surface area contributed by atoms with Crippen LogP contribution in [0.25, 0.3) is 5.57 Å². The molecule has 34 heavy (non-hydrogen) atoms. The van der Waals surface area contributed by atoms with Crippen molar-refractivity contribution in [2.24, 2.45) is 0 Å². The number of benzene rings is 2. The highest BCUT2D eigenvalue weighted by Gasteiger charge is 2.43. The van der Waals surface area contributed by atoms with E-state index in [0.29, 0.717) is 49.1 Å². The van der Waals surface area contributed by atoms with E-state index in [1.165, 1.54) is 4.90 Å². The first-order valence-corrected chi connectivity index (χ1v) is 11.5. The lowest BCUT2D eigenvalue weighted by molar-refractivity contribution is -0.120.